The molecule has 0 saturated carbocycles. The van der Waals surface area contributed by atoms with Gasteiger partial charge in [0.05, 0.1) is 11.6 Å². The van der Waals surface area contributed by atoms with Gasteiger partial charge in [-0.1, -0.05) is 5.16 Å². The second kappa shape index (κ2) is 7.59. The number of nitrogens with zero attached hydrogens (tertiary/aromatic N) is 3. The first-order valence-corrected chi connectivity index (χ1v) is 8.02. The van der Waals surface area contributed by atoms with Crippen LogP contribution in [0, 0.1) is 19.8 Å². The third-order valence-corrected chi connectivity index (χ3v) is 4.46. The number of aromatic nitrogens is 1. The Bertz CT molecular complexity index is 550. The van der Waals surface area contributed by atoms with Gasteiger partial charge in [0.25, 0.3) is 0 Å². The molecule has 1 N–H and O–H groups in total. The predicted molar refractivity (Wildman–Crippen MR) is 85.9 cm³/mol. The summed E-state index contributed by atoms with van der Waals surface area (Å²) in [5.74, 6) is 0.654. The summed E-state index contributed by atoms with van der Waals surface area (Å²) in [5.41, 5.74) is 1.85. The van der Waals surface area contributed by atoms with Crippen molar-refractivity contribution in [1.29, 1.82) is 0 Å². The minimum absolute atomic E-state index is 0.0118. The van der Waals surface area contributed by atoms with Crippen molar-refractivity contribution in [3.8, 4) is 0 Å². The topological polar surface area (TPSA) is 78.7 Å². The summed E-state index contributed by atoms with van der Waals surface area (Å²) < 4.78 is 5.14. The predicted octanol–water partition coefficient (Wildman–Crippen LogP) is 0.360. The fourth-order valence-corrected chi connectivity index (χ4v) is 3.02. The average Bonchev–Trinajstić information content (AvgIpc) is 2.73. The number of nitrogens with one attached hydrogen (secondary N) is 1. The summed E-state index contributed by atoms with van der Waals surface area (Å²) in [4.78, 5) is 28.4. The highest BCUT2D eigenvalue weighted by Gasteiger charge is 2.28. The molecule has 1 unspecified atom stereocenters. The van der Waals surface area contributed by atoms with Crippen molar-refractivity contribution >= 4 is 11.8 Å². The van der Waals surface area contributed by atoms with Gasteiger partial charge in [0.1, 0.15) is 5.76 Å². The van der Waals surface area contributed by atoms with E-state index in [1.54, 1.807) is 7.05 Å². The Balaban J connectivity index is 1.98. The Kier molecular flexibility index (Phi) is 5.76. The van der Waals surface area contributed by atoms with Crippen LogP contribution in [0.5, 0.6) is 0 Å². The Morgan fingerprint density at radius 2 is 2.04 bits per heavy atom. The van der Waals surface area contributed by atoms with Gasteiger partial charge < -0.3 is 19.6 Å². The summed E-state index contributed by atoms with van der Waals surface area (Å²) in [6.07, 6.45) is 1.03. The molecule has 7 heteroatoms. The molecular weight excluding hydrogens is 296 g/mol. The number of carbonyl (C=O) groups excluding carboxylic acids is 2. The van der Waals surface area contributed by atoms with E-state index in [-0.39, 0.29) is 17.7 Å². The maximum atomic E-state index is 12.6. The van der Waals surface area contributed by atoms with Gasteiger partial charge in [-0.2, -0.15) is 0 Å². The van der Waals surface area contributed by atoms with E-state index in [1.165, 1.54) is 0 Å². The van der Waals surface area contributed by atoms with E-state index >= 15 is 0 Å². The highest BCUT2D eigenvalue weighted by atomic mass is 16.5. The van der Waals surface area contributed by atoms with Crippen LogP contribution in [0.2, 0.25) is 0 Å². The molecule has 1 aromatic heterocycles. The zero-order valence-electron chi connectivity index (χ0n) is 14.4. The normalized spacial score (nSPS) is 19.5. The Labute approximate surface area is 137 Å². The van der Waals surface area contributed by atoms with Gasteiger partial charge in [0, 0.05) is 45.2 Å². The Hall–Kier alpha value is -1.89. The Morgan fingerprint density at radius 3 is 2.65 bits per heavy atom. The molecule has 1 aromatic rings. The number of hydrogen-bond donors (Lipinski definition) is 1. The van der Waals surface area contributed by atoms with Gasteiger partial charge >= 0.3 is 0 Å². The lowest BCUT2D eigenvalue weighted by molar-refractivity contribution is -0.132. The minimum Gasteiger partial charge on any atom is -0.361 e. The quantitative estimate of drug-likeness (QED) is 0.866. The average molecular weight is 322 g/mol. The first-order chi connectivity index (χ1) is 10.9. The number of rotatable bonds is 4. The van der Waals surface area contributed by atoms with Crippen LogP contribution < -0.4 is 5.32 Å². The third-order valence-electron chi connectivity index (χ3n) is 4.46. The van der Waals surface area contributed by atoms with E-state index in [4.69, 9.17) is 4.52 Å². The van der Waals surface area contributed by atoms with Crippen molar-refractivity contribution in [1.82, 2.24) is 20.3 Å². The molecule has 0 radical (unpaired) electrons. The van der Waals surface area contributed by atoms with Gasteiger partial charge in [-0.25, -0.2) is 0 Å². The number of amides is 2. The first kappa shape index (κ1) is 17.5. The highest BCUT2D eigenvalue weighted by Crippen LogP contribution is 2.16. The van der Waals surface area contributed by atoms with Crippen LogP contribution in [-0.4, -0.2) is 67.0 Å². The molecule has 0 bridgehead atoms. The summed E-state index contributed by atoms with van der Waals surface area (Å²) in [7, 11) is 3.62. The SMILES string of the molecule is CNC(=O)C1CN(C)CCN(C(=O)CCc2c(C)noc2C)C1. The van der Waals surface area contributed by atoms with E-state index in [0.29, 0.717) is 32.5 Å². The summed E-state index contributed by atoms with van der Waals surface area (Å²) in [6.45, 7) is 6.34. The number of carbonyl (C=O) groups is 2. The lowest BCUT2D eigenvalue weighted by Crippen LogP contribution is -2.41. The van der Waals surface area contributed by atoms with Crippen molar-refractivity contribution in [3.05, 3.63) is 17.0 Å². The minimum atomic E-state index is -0.185. The van der Waals surface area contributed by atoms with Gasteiger partial charge in [-0.15, -0.1) is 0 Å². The fourth-order valence-electron chi connectivity index (χ4n) is 3.02. The molecule has 2 amide bonds. The smallest absolute Gasteiger partial charge is 0.225 e. The number of likely N-dealkylation sites (N-methyl/N-ethyl adjacent to an activating group) is 1. The first-order valence-electron chi connectivity index (χ1n) is 8.02. The molecule has 0 aromatic carbocycles. The van der Waals surface area contributed by atoms with Crippen molar-refractivity contribution in [2.75, 3.05) is 40.3 Å². The van der Waals surface area contributed by atoms with E-state index in [0.717, 1.165) is 23.6 Å². The van der Waals surface area contributed by atoms with Crippen molar-refractivity contribution in [2.24, 2.45) is 5.92 Å². The van der Waals surface area contributed by atoms with E-state index in [2.05, 4.69) is 15.4 Å². The lowest BCUT2D eigenvalue weighted by atomic mass is 10.1. The van der Waals surface area contributed by atoms with Crippen LogP contribution in [0.3, 0.4) is 0 Å². The van der Waals surface area contributed by atoms with Crippen LogP contribution in [0.15, 0.2) is 4.52 Å². The van der Waals surface area contributed by atoms with Crippen LogP contribution in [-0.2, 0) is 16.0 Å². The Morgan fingerprint density at radius 1 is 1.30 bits per heavy atom. The van der Waals surface area contributed by atoms with E-state index in [9.17, 15) is 9.59 Å². The molecule has 2 rings (SSSR count). The second-order valence-corrected chi connectivity index (χ2v) is 6.22. The fraction of sp³-hybridized carbons (Fsp3) is 0.688. The van der Waals surface area contributed by atoms with Gasteiger partial charge in [0.15, 0.2) is 0 Å². The summed E-state index contributed by atoms with van der Waals surface area (Å²) in [6, 6.07) is 0. The summed E-state index contributed by atoms with van der Waals surface area (Å²) in [5, 5.41) is 6.61. The molecule has 1 atom stereocenters. The monoisotopic (exact) mass is 322 g/mol. The largest absolute Gasteiger partial charge is 0.361 e. The zero-order valence-corrected chi connectivity index (χ0v) is 14.4. The third kappa shape index (κ3) is 4.31. The molecule has 1 fully saturated rings. The van der Waals surface area contributed by atoms with Crippen LogP contribution >= 0.6 is 0 Å². The van der Waals surface area contributed by atoms with Gasteiger partial charge in [-0.05, 0) is 27.3 Å². The molecule has 23 heavy (non-hydrogen) atoms. The molecule has 1 saturated heterocycles. The van der Waals surface area contributed by atoms with Gasteiger partial charge in [-0.3, -0.25) is 9.59 Å². The van der Waals surface area contributed by atoms with Crippen molar-refractivity contribution in [3.63, 3.8) is 0 Å². The highest BCUT2D eigenvalue weighted by molar-refractivity contribution is 5.81. The van der Waals surface area contributed by atoms with Gasteiger partial charge in [0.2, 0.25) is 11.8 Å². The van der Waals surface area contributed by atoms with E-state index in [1.807, 2.05) is 25.8 Å². The molecule has 0 spiro atoms. The zero-order chi connectivity index (χ0) is 17.0. The number of aryl methyl sites for hydroxylation is 2. The van der Waals surface area contributed by atoms with Crippen LogP contribution in [0.4, 0.5) is 0 Å². The standard InChI is InChI=1S/C16H26N4O3/c1-11-14(12(2)23-18-11)5-6-15(21)20-8-7-19(4)9-13(10-20)16(22)17-3/h13H,5-10H2,1-4H3,(H,17,22). The molecule has 1 aliphatic rings. The molecule has 1 aliphatic heterocycles. The second-order valence-electron chi connectivity index (χ2n) is 6.22. The lowest BCUT2D eigenvalue weighted by Gasteiger charge is -2.23. The maximum Gasteiger partial charge on any atom is 0.225 e. The van der Waals surface area contributed by atoms with E-state index < -0.39 is 0 Å². The van der Waals surface area contributed by atoms with Crippen molar-refractivity contribution < 1.29 is 14.1 Å². The van der Waals surface area contributed by atoms with Crippen molar-refractivity contribution in [2.45, 2.75) is 26.7 Å². The molecule has 0 aliphatic carbocycles. The molecule has 7 nitrogen and oxygen atoms in total. The summed E-state index contributed by atoms with van der Waals surface area (Å²) >= 11 is 0. The molecule has 2 heterocycles. The van der Waals surface area contributed by atoms with Crippen LogP contribution in [0.25, 0.3) is 0 Å². The molecule has 128 valence electrons. The van der Waals surface area contributed by atoms with Crippen LogP contribution in [0.1, 0.15) is 23.4 Å². The maximum absolute atomic E-state index is 12.6. The molecular formula is C16H26N4O3. The number of hydrogen-bond acceptors (Lipinski definition) is 5.